The van der Waals surface area contributed by atoms with E-state index in [1.165, 1.54) is 31.5 Å². The molecular weight excluding hydrogens is 314 g/mol. The molecule has 0 aliphatic rings. The van der Waals surface area contributed by atoms with E-state index >= 15 is 0 Å². The molecule has 3 rings (SSSR count). The zero-order valence-corrected chi connectivity index (χ0v) is 12.6. The second kappa shape index (κ2) is 5.99. The van der Waals surface area contributed by atoms with Gasteiger partial charge in [-0.05, 0) is 24.3 Å². The number of aromatic nitrogens is 1. The van der Waals surface area contributed by atoms with Gasteiger partial charge in [-0.25, -0.2) is 0 Å². The molecule has 8 nitrogen and oxygen atoms in total. The highest BCUT2D eigenvalue weighted by Crippen LogP contribution is 2.39. The van der Waals surface area contributed by atoms with Crippen LogP contribution in [-0.4, -0.2) is 20.9 Å². The molecule has 3 aromatic rings. The Morgan fingerprint density at radius 2 is 2.21 bits per heavy atom. The molecule has 0 bridgehead atoms. The lowest BCUT2D eigenvalue weighted by Gasteiger charge is -2.18. The summed E-state index contributed by atoms with van der Waals surface area (Å²) in [5, 5.41) is 24.8. The minimum absolute atomic E-state index is 0.0867. The maximum atomic E-state index is 11.5. The lowest BCUT2D eigenvalue weighted by atomic mass is 9.99. The van der Waals surface area contributed by atoms with E-state index in [4.69, 9.17) is 4.42 Å². The van der Waals surface area contributed by atoms with Crippen LogP contribution in [0.3, 0.4) is 0 Å². The molecule has 0 saturated carbocycles. The second-order valence-corrected chi connectivity index (χ2v) is 5.14. The number of phenols is 1. The Morgan fingerprint density at radius 3 is 2.83 bits per heavy atom. The van der Waals surface area contributed by atoms with E-state index in [0.29, 0.717) is 5.76 Å². The van der Waals surface area contributed by atoms with Gasteiger partial charge in [0.15, 0.2) is 0 Å². The van der Waals surface area contributed by atoms with E-state index in [-0.39, 0.29) is 33.8 Å². The maximum absolute atomic E-state index is 11.5. The van der Waals surface area contributed by atoms with Gasteiger partial charge in [-0.1, -0.05) is 0 Å². The number of nitrogens with zero attached hydrogens (tertiary/aromatic N) is 2. The number of furan rings is 1. The van der Waals surface area contributed by atoms with Crippen molar-refractivity contribution in [1.29, 1.82) is 0 Å². The number of nitro benzene ring substituents is 1. The van der Waals surface area contributed by atoms with Gasteiger partial charge in [0.25, 0.3) is 5.69 Å². The molecule has 0 aliphatic heterocycles. The van der Waals surface area contributed by atoms with Crippen LogP contribution in [0.2, 0.25) is 0 Å². The van der Waals surface area contributed by atoms with Gasteiger partial charge in [-0.3, -0.25) is 19.9 Å². The molecule has 0 fully saturated rings. The molecule has 0 radical (unpaired) electrons. The third kappa shape index (κ3) is 2.65. The van der Waals surface area contributed by atoms with Crippen LogP contribution < -0.4 is 5.32 Å². The van der Waals surface area contributed by atoms with Crippen molar-refractivity contribution >= 4 is 22.5 Å². The third-order valence-electron chi connectivity index (χ3n) is 3.56. The zero-order valence-electron chi connectivity index (χ0n) is 12.6. The highest BCUT2D eigenvalue weighted by Gasteiger charge is 2.27. The first-order valence-electron chi connectivity index (χ1n) is 7.04. The first-order valence-corrected chi connectivity index (χ1v) is 7.04. The van der Waals surface area contributed by atoms with Gasteiger partial charge in [-0.2, -0.15) is 0 Å². The van der Waals surface area contributed by atoms with Gasteiger partial charge in [0, 0.05) is 24.8 Å². The van der Waals surface area contributed by atoms with Gasteiger partial charge < -0.3 is 14.8 Å². The summed E-state index contributed by atoms with van der Waals surface area (Å²) in [6.45, 7) is 1.31. The number of nitro groups is 1. The first-order chi connectivity index (χ1) is 11.5. The number of rotatable bonds is 4. The number of fused-ring (bicyclic) bond motifs is 1. The summed E-state index contributed by atoms with van der Waals surface area (Å²) < 4.78 is 5.30. The van der Waals surface area contributed by atoms with Crippen molar-refractivity contribution in [2.75, 3.05) is 0 Å². The number of phenolic OH excluding ortho intramolecular Hbond substituents is 1. The van der Waals surface area contributed by atoms with Crippen LogP contribution in [0.15, 0.2) is 47.2 Å². The third-order valence-corrected chi connectivity index (χ3v) is 3.56. The lowest BCUT2D eigenvalue weighted by Crippen LogP contribution is -2.26. The van der Waals surface area contributed by atoms with E-state index in [9.17, 15) is 20.0 Å². The molecule has 2 heterocycles. The number of carbonyl (C=O) groups is 1. The number of amides is 1. The predicted octanol–water partition coefficient (Wildman–Crippen LogP) is 2.67. The van der Waals surface area contributed by atoms with E-state index < -0.39 is 11.0 Å². The topological polar surface area (TPSA) is 118 Å². The standard InChI is InChI=1S/C16H13N3O5/c1-9(20)18-14(13-5-3-7-24-13)11-8-12(19(22)23)10-4-2-6-17-15(10)16(11)21/h2-8,14,21H,1H3,(H,18,20)/t14-/m0/s1. The molecule has 0 spiro atoms. The number of aromatic hydroxyl groups is 1. The highest BCUT2D eigenvalue weighted by molar-refractivity contribution is 5.93. The minimum Gasteiger partial charge on any atom is -0.505 e. The molecule has 8 heteroatoms. The summed E-state index contributed by atoms with van der Waals surface area (Å²) in [6, 6.07) is 6.63. The molecule has 122 valence electrons. The van der Waals surface area contributed by atoms with E-state index in [1.54, 1.807) is 18.2 Å². The number of nitrogens with one attached hydrogen (secondary N) is 1. The fourth-order valence-electron chi connectivity index (χ4n) is 2.56. The number of hydrogen-bond acceptors (Lipinski definition) is 6. The van der Waals surface area contributed by atoms with E-state index in [2.05, 4.69) is 10.3 Å². The summed E-state index contributed by atoms with van der Waals surface area (Å²) in [5.41, 5.74) is 0.00877. The molecule has 1 aromatic carbocycles. The van der Waals surface area contributed by atoms with Crippen LogP contribution in [0, 0.1) is 10.1 Å². The molecule has 2 aromatic heterocycles. The molecular formula is C16H13N3O5. The van der Waals surface area contributed by atoms with Crippen molar-refractivity contribution in [3.8, 4) is 5.75 Å². The second-order valence-electron chi connectivity index (χ2n) is 5.14. The SMILES string of the molecule is CC(=O)N[C@H](c1ccco1)c1cc([N+](=O)[O-])c2cccnc2c1O. The van der Waals surface area contributed by atoms with Gasteiger partial charge in [0.2, 0.25) is 5.91 Å². The van der Waals surface area contributed by atoms with Gasteiger partial charge in [0.1, 0.15) is 23.1 Å². The van der Waals surface area contributed by atoms with Crippen molar-refractivity contribution in [2.24, 2.45) is 0 Å². The van der Waals surface area contributed by atoms with E-state index in [0.717, 1.165) is 0 Å². The lowest BCUT2D eigenvalue weighted by molar-refractivity contribution is -0.383. The van der Waals surface area contributed by atoms with Crippen molar-refractivity contribution < 1.29 is 19.2 Å². The van der Waals surface area contributed by atoms with Crippen molar-refractivity contribution in [3.05, 3.63) is 64.2 Å². The van der Waals surface area contributed by atoms with Crippen molar-refractivity contribution in [2.45, 2.75) is 13.0 Å². The average molecular weight is 327 g/mol. The van der Waals surface area contributed by atoms with Gasteiger partial charge >= 0.3 is 0 Å². The van der Waals surface area contributed by atoms with Crippen molar-refractivity contribution in [3.63, 3.8) is 0 Å². The smallest absolute Gasteiger partial charge is 0.279 e. The predicted molar refractivity (Wildman–Crippen MR) is 84.4 cm³/mol. The first kappa shape index (κ1) is 15.5. The Kier molecular flexibility index (Phi) is 3.87. The number of non-ortho nitro benzene ring substituents is 1. The molecule has 0 unspecified atom stereocenters. The Balaban J connectivity index is 2.29. The largest absolute Gasteiger partial charge is 0.505 e. The molecule has 0 saturated heterocycles. The summed E-state index contributed by atoms with van der Waals surface area (Å²) in [4.78, 5) is 26.4. The monoisotopic (exact) mass is 327 g/mol. The molecule has 24 heavy (non-hydrogen) atoms. The van der Waals surface area contributed by atoms with Crippen LogP contribution in [0.1, 0.15) is 24.3 Å². The maximum Gasteiger partial charge on any atom is 0.279 e. The Morgan fingerprint density at radius 1 is 1.42 bits per heavy atom. The van der Waals surface area contributed by atoms with Crippen LogP contribution in [0.5, 0.6) is 5.75 Å². The number of hydrogen-bond donors (Lipinski definition) is 2. The van der Waals surface area contributed by atoms with Gasteiger partial charge in [-0.15, -0.1) is 0 Å². The summed E-state index contributed by atoms with van der Waals surface area (Å²) in [5.74, 6) is -0.281. The quantitative estimate of drug-likeness (QED) is 0.561. The Labute approximate surface area is 135 Å². The fraction of sp³-hybridized carbons (Fsp3) is 0.125. The summed E-state index contributed by atoms with van der Waals surface area (Å²) in [6.07, 6.45) is 2.84. The molecule has 0 aliphatic carbocycles. The zero-order chi connectivity index (χ0) is 17.3. The number of pyridine rings is 1. The summed E-state index contributed by atoms with van der Waals surface area (Å²) >= 11 is 0. The molecule has 1 atom stereocenters. The average Bonchev–Trinajstić information content (AvgIpc) is 3.07. The Hall–Kier alpha value is -3.42. The summed E-state index contributed by atoms with van der Waals surface area (Å²) in [7, 11) is 0. The highest BCUT2D eigenvalue weighted by atomic mass is 16.6. The minimum atomic E-state index is -0.873. The molecule has 1 amide bonds. The van der Waals surface area contributed by atoms with Crippen LogP contribution >= 0.6 is 0 Å². The van der Waals surface area contributed by atoms with Crippen LogP contribution in [0.25, 0.3) is 10.9 Å². The number of benzene rings is 1. The van der Waals surface area contributed by atoms with E-state index in [1.807, 2.05) is 0 Å². The van der Waals surface area contributed by atoms with Gasteiger partial charge in [0.05, 0.1) is 16.6 Å². The fourth-order valence-corrected chi connectivity index (χ4v) is 2.56. The van der Waals surface area contributed by atoms with Crippen LogP contribution in [-0.2, 0) is 4.79 Å². The number of carbonyl (C=O) groups excluding carboxylic acids is 1. The Bertz CT molecular complexity index is 921. The normalized spacial score (nSPS) is 12.0. The van der Waals surface area contributed by atoms with Crippen molar-refractivity contribution in [1.82, 2.24) is 10.3 Å². The molecule has 2 N–H and O–H groups in total. The van der Waals surface area contributed by atoms with Crippen LogP contribution in [0.4, 0.5) is 5.69 Å².